The Kier molecular flexibility index (Phi) is 2.89. The first-order valence-corrected chi connectivity index (χ1v) is 7.19. The molecule has 3 unspecified atom stereocenters. The molecule has 2 bridgehead atoms. The van der Waals surface area contributed by atoms with Crippen molar-refractivity contribution in [3.63, 3.8) is 0 Å². The van der Waals surface area contributed by atoms with Crippen molar-refractivity contribution in [2.45, 2.75) is 37.8 Å². The van der Waals surface area contributed by atoms with Gasteiger partial charge in [-0.25, -0.2) is 0 Å². The Balaban J connectivity index is 1.66. The number of hydrogen-bond acceptors (Lipinski definition) is 5. The topological polar surface area (TPSA) is 64.7 Å². The molecule has 0 saturated carbocycles. The highest BCUT2D eigenvalue weighted by Gasteiger charge is 2.51. The van der Waals surface area contributed by atoms with Crippen LogP contribution >= 0.6 is 0 Å². The monoisotopic (exact) mass is 287 g/mol. The zero-order chi connectivity index (χ0) is 14.4. The fourth-order valence-electron chi connectivity index (χ4n) is 2.93. The number of fused-ring (bicyclic) bond motifs is 2. The molecule has 2 fully saturated rings. The minimum Gasteiger partial charge on any atom is -0.377 e. The van der Waals surface area contributed by atoms with E-state index in [4.69, 9.17) is 14.0 Å². The van der Waals surface area contributed by atoms with Gasteiger partial charge in [0.1, 0.15) is 5.69 Å². The zero-order valence-electron chi connectivity index (χ0n) is 11.8. The van der Waals surface area contributed by atoms with Crippen LogP contribution < -0.4 is 0 Å². The second-order valence-corrected chi connectivity index (χ2v) is 5.83. The van der Waals surface area contributed by atoms with E-state index in [9.17, 15) is 5.11 Å². The Morgan fingerprint density at radius 1 is 1.29 bits per heavy atom. The van der Waals surface area contributed by atoms with E-state index in [0.717, 1.165) is 12.0 Å². The summed E-state index contributed by atoms with van der Waals surface area (Å²) in [6.45, 7) is 2.57. The summed E-state index contributed by atoms with van der Waals surface area (Å²) < 4.78 is 16.5. The first-order chi connectivity index (χ1) is 10.1. The average Bonchev–Trinajstić information content (AvgIpc) is 3.13. The molecule has 3 atom stereocenters. The van der Waals surface area contributed by atoms with Gasteiger partial charge in [0.05, 0.1) is 12.7 Å². The first-order valence-electron chi connectivity index (χ1n) is 7.19. The maximum atomic E-state index is 10.8. The summed E-state index contributed by atoms with van der Waals surface area (Å²) >= 11 is 0. The van der Waals surface area contributed by atoms with E-state index in [1.165, 1.54) is 5.56 Å². The van der Waals surface area contributed by atoms with Crippen LogP contribution in [0.5, 0.6) is 0 Å². The van der Waals surface area contributed by atoms with Crippen LogP contribution in [0.25, 0.3) is 11.3 Å². The Hall–Kier alpha value is -1.69. The summed E-state index contributed by atoms with van der Waals surface area (Å²) in [6.07, 6.45) is 0.753. The second kappa shape index (κ2) is 4.66. The van der Waals surface area contributed by atoms with Crippen molar-refractivity contribution in [3.05, 3.63) is 41.7 Å². The van der Waals surface area contributed by atoms with E-state index in [2.05, 4.69) is 5.16 Å². The van der Waals surface area contributed by atoms with E-state index >= 15 is 0 Å². The summed E-state index contributed by atoms with van der Waals surface area (Å²) in [5.41, 5.74) is 1.61. The van der Waals surface area contributed by atoms with Crippen LogP contribution in [0.2, 0.25) is 0 Å². The zero-order valence-corrected chi connectivity index (χ0v) is 11.8. The Labute approximate surface area is 122 Å². The smallest absolute Gasteiger partial charge is 0.194 e. The molecule has 1 aromatic carbocycles. The van der Waals surface area contributed by atoms with Crippen LogP contribution in [0, 0.1) is 6.92 Å². The molecular formula is C16H17NO4. The van der Waals surface area contributed by atoms with Gasteiger partial charge in [-0.3, -0.25) is 0 Å². The van der Waals surface area contributed by atoms with Crippen molar-refractivity contribution in [1.29, 1.82) is 0 Å². The summed E-state index contributed by atoms with van der Waals surface area (Å²) in [6, 6.07) is 9.79. The summed E-state index contributed by atoms with van der Waals surface area (Å²) in [5.74, 6) is 0.406. The van der Waals surface area contributed by atoms with E-state index in [1.807, 2.05) is 31.2 Å². The van der Waals surface area contributed by atoms with Crippen LogP contribution in [0.4, 0.5) is 0 Å². The minimum absolute atomic E-state index is 0.0924. The molecule has 1 aromatic heterocycles. The van der Waals surface area contributed by atoms with E-state index in [0.29, 0.717) is 24.5 Å². The normalized spacial score (nSPS) is 31.5. The fourth-order valence-corrected chi connectivity index (χ4v) is 2.93. The van der Waals surface area contributed by atoms with Crippen molar-refractivity contribution in [3.8, 4) is 11.3 Å². The van der Waals surface area contributed by atoms with Gasteiger partial charge in [-0.1, -0.05) is 35.0 Å². The Bertz CT molecular complexity index is 651. The molecule has 2 aliphatic rings. The van der Waals surface area contributed by atoms with Crippen molar-refractivity contribution in [2.75, 3.05) is 6.61 Å². The molecule has 21 heavy (non-hydrogen) atoms. The lowest BCUT2D eigenvalue weighted by Gasteiger charge is -2.33. The Morgan fingerprint density at radius 2 is 2.10 bits per heavy atom. The van der Waals surface area contributed by atoms with Gasteiger partial charge in [0.2, 0.25) is 0 Å². The van der Waals surface area contributed by atoms with Gasteiger partial charge < -0.3 is 19.1 Å². The number of aromatic nitrogens is 1. The molecule has 5 nitrogen and oxygen atoms in total. The third-order valence-corrected chi connectivity index (χ3v) is 4.27. The van der Waals surface area contributed by atoms with Crippen molar-refractivity contribution in [1.82, 2.24) is 5.16 Å². The molecule has 2 saturated heterocycles. The van der Waals surface area contributed by atoms with Crippen molar-refractivity contribution < 1.29 is 19.1 Å². The van der Waals surface area contributed by atoms with Crippen LogP contribution in [-0.2, 0) is 15.1 Å². The average molecular weight is 287 g/mol. The van der Waals surface area contributed by atoms with Crippen LogP contribution in [0.15, 0.2) is 34.9 Å². The van der Waals surface area contributed by atoms with Crippen molar-refractivity contribution in [2.24, 2.45) is 0 Å². The lowest BCUT2D eigenvalue weighted by atomic mass is 9.90. The number of aliphatic hydroxyl groups is 1. The molecule has 5 heteroatoms. The third kappa shape index (κ3) is 2.09. The highest BCUT2D eigenvalue weighted by Crippen LogP contribution is 2.42. The van der Waals surface area contributed by atoms with Crippen LogP contribution in [0.3, 0.4) is 0 Å². The standard InChI is InChI=1S/C16H17NO4/c1-10-2-4-11(5-3-10)13-8-14(21-17-13)16(18)7-6-12-9-19-15(16)20-12/h2-5,8,12,15,18H,6-7,9H2,1H3. The molecule has 110 valence electrons. The van der Waals surface area contributed by atoms with Gasteiger partial charge in [-0.05, 0) is 19.8 Å². The van der Waals surface area contributed by atoms with Crippen LogP contribution in [-0.4, -0.2) is 29.3 Å². The number of aryl methyl sites for hydroxylation is 1. The quantitative estimate of drug-likeness (QED) is 0.918. The van der Waals surface area contributed by atoms with Gasteiger partial charge in [0.15, 0.2) is 17.7 Å². The fraction of sp³-hybridized carbons (Fsp3) is 0.438. The number of rotatable bonds is 2. The van der Waals surface area contributed by atoms with E-state index in [1.54, 1.807) is 6.07 Å². The number of ether oxygens (including phenoxy) is 2. The van der Waals surface area contributed by atoms with Gasteiger partial charge in [0.25, 0.3) is 0 Å². The number of hydrogen-bond donors (Lipinski definition) is 1. The van der Waals surface area contributed by atoms with Gasteiger partial charge in [-0.15, -0.1) is 0 Å². The first kappa shape index (κ1) is 13.0. The number of benzene rings is 1. The van der Waals surface area contributed by atoms with Gasteiger partial charge >= 0.3 is 0 Å². The minimum atomic E-state index is -1.25. The SMILES string of the molecule is Cc1ccc(-c2cc(C3(O)CCC4COC3O4)on2)cc1. The maximum absolute atomic E-state index is 10.8. The van der Waals surface area contributed by atoms with Gasteiger partial charge in [-0.2, -0.15) is 0 Å². The summed E-state index contributed by atoms with van der Waals surface area (Å²) in [5, 5.41) is 14.9. The lowest BCUT2D eigenvalue weighted by molar-refractivity contribution is -0.225. The molecular weight excluding hydrogens is 270 g/mol. The molecule has 0 amide bonds. The third-order valence-electron chi connectivity index (χ3n) is 4.27. The molecule has 4 rings (SSSR count). The van der Waals surface area contributed by atoms with Gasteiger partial charge in [0, 0.05) is 11.6 Å². The maximum Gasteiger partial charge on any atom is 0.194 e. The van der Waals surface area contributed by atoms with Crippen LogP contribution in [0.1, 0.15) is 24.2 Å². The Morgan fingerprint density at radius 3 is 2.90 bits per heavy atom. The predicted octanol–water partition coefficient (Wildman–Crippen LogP) is 2.37. The molecule has 3 heterocycles. The molecule has 1 N–H and O–H groups in total. The molecule has 0 radical (unpaired) electrons. The van der Waals surface area contributed by atoms with E-state index in [-0.39, 0.29) is 6.10 Å². The highest BCUT2D eigenvalue weighted by atomic mass is 16.7. The molecule has 2 aliphatic heterocycles. The molecule has 0 aliphatic carbocycles. The summed E-state index contributed by atoms with van der Waals surface area (Å²) in [7, 11) is 0. The molecule has 0 spiro atoms. The van der Waals surface area contributed by atoms with E-state index < -0.39 is 11.9 Å². The largest absolute Gasteiger partial charge is 0.377 e. The number of nitrogens with zero attached hydrogens (tertiary/aromatic N) is 1. The molecule has 2 aromatic rings. The summed E-state index contributed by atoms with van der Waals surface area (Å²) in [4.78, 5) is 0. The highest BCUT2D eigenvalue weighted by molar-refractivity contribution is 5.59. The lowest BCUT2D eigenvalue weighted by Crippen LogP contribution is -2.43. The second-order valence-electron chi connectivity index (χ2n) is 5.83. The van der Waals surface area contributed by atoms with Crippen molar-refractivity contribution >= 4 is 0 Å². The predicted molar refractivity (Wildman–Crippen MR) is 74.4 cm³/mol.